The predicted molar refractivity (Wildman–Crippen MR) is 131 cm³/mol. The Bertz CT molecular complexity index is 1380. The van der Waals surface area contributed by atoms with Crippen molar-refractivity contribution < 1.29 is 19.2 Å². The first kappa shape index (κ1) is 23.5. The number of hydrogen-bond acceptors (Lipinski definition) is 6. The van der Waals surface area contributed by atoms with E-state index < -0.39 is 10.8 Å². The molecule has 4 aromatic rings. The van der Waals surface area contributed by atoms with Gasteiger partial charge in [0.05, 0.1) is 16.7 Å². The lowest BCUT2D eigenvalue weighted by Gasteiger charge is -2.10. The minimum Gasteiger partial charge on any atom is -0.471 e. The number of amides is 1. The Kier molecular flexibility index (Phi) is 6.77. The summed E-state index contributed by atoms with van der Waals surface area (Å²) < 4.78 is 13.1. The number of aryl methyl sites for hydroxylation is 3. The van der Waals surface area contributed by atoms with Crippen LogP contribution >= 0.6 is 0 Å². The number of carbonyl (C=O) groups is 1. The van der Waals surface area contributed by atoms with E-state index >= 15 is 0 Å². The van der Waals surface area contributed by atoms with Crippen LogP contribution in [0.2, 0.25) is 0 Å². The van der Waals surface area contributed by atoms with Gasteiger partial charge in [-0.2, -0.15) is 5.10 Å². The first-order chi connectivity index (χ1) is 16.8. The number of para-hydroxylation sites is 1. The van der Waals surface area contributed by atoms with Gasteiger partial charge in [0.15, 0.2) is 12.4 Å². The Balaban J connectivity index is 1.48. The minimum absolute atomic E-state index is 0.128. The zero-order valence-electron chi connectivity index (χ0n) is 19.5. The molecule has 1 N–H and O–H groups in total. The number of rotatable bonds is 8. The molecule has 0 spiro atoms. The maximum Gasteiger partial charge on any atom is 0.276 e. The Hall–Kier alpha value is -4.66. The molecule has 3 aromatic carbocycles. The average Bonchev–Trinajstić information content (AvgIpc) is 3.27. The molecule has 9 heteroatoms. The number of anilines is 1. The molecule has 0 fully saturated rings. The Morgan fingerprint density at radius 2 is 1.71 bits per heavy atom. The molecule has 0 aliphatic rings. The fraction of sp³-hybridized carbons (Fsp3) is 0.154. The Morgan fingerprint density at radius 3 is 2.43 bits per heavy atom. The minimum atomic E-state index is -0.540. The summed E-state index contributed by atoms with van der Waals surface area (Å²) in [4.78, 5) is 23.7. The quantitative estimate of drug-likeness (QED) is 0.257. The van der Waals surface area contributed by atoms with Gasteiger partial charge in [-0.15, -0.1) is 0 Å². The SMILES string of the molecule is Cc1cc(C)cc(Oc2cc(NC(=O)c3ccn(COc4ccccc4C)n3)cc([N+](=O)[O-])c2)c1. The van der Waals surface area contributed by atoms with E-state index in [2.05, 4.69) is 10.4 Å². The molecule has 0 radical (unpaired) electrons. The molecule has 0 bridgehead atoms. The van der Waals surface area contributed by atoms with Crippen molar-refractivity contribution in [2.24, 2.45) is 0 Å². The van der Waals surface area contributed by atoms with Crippen LogP contribution in [-0.4, -0.2) is 20.6 Å². The van der Waals surface area contributed by atoms with Gasteiger partial charge in [-0.05, 0) is 61.7 Å². The van der Waals surface area contributed by atoms with Gasteiger partial charge in [-0.1, -0.05) is 24.3 Å². The highest BCUT2D eigenvalue weighted by molar-refractivity contribution is 6.03. The zero-order chi connectivity index (χ0) is 24.9. The van der Waals surface area contributed by atoms with Crippen LogP contribution < -0.4 is 14.8 Å². The molecule has 0 atom stereocenters. The van der Waals surface area contributed by atoms with Gasteiger partial charge >= 0.3 is 0 Å². The smallest absolute Gasteiger partial charge is 0.276 e. The van der Waals surface area contributed by atoms with Gasteiger partial charge in [0.25, 0.3) is 11.6 Å². The van der Waals surface area contributed by atoms with E-state index in [0.717, 1.165) is 22.4 Å². The van der Waals surface area contributed by atoms with E-state index in [0.29, 0.717) is 5.75 Å². The summed E-state index contributed by atoms with van der Waals surface area (Å²) >= 11 is 0. The van der Waals surface area contributed by atoms with Crippen molar-refractivity contribution in [2.75, 3.05) is 5.32 Å². The number of ether oxygens (including phenoxy) is 2. The lowest BCUT2D eigenvalue weighted by molar-refractivity contribution is -0.384. The van der Waals surface area contributed by atoms with E-state index in [1.165, 1.54) is 22.9 Å². The van der Waals surface area contributed by atoms with Crippen LogP contribution in [0.5, 0.6) is 17.2 Å². The van der Waals surface area contributed by atoms with Crippen molar-refractivity contribution in [3.05, 3.63) is 105 Å². The summed E-state index contributed by atoms with van der Waals surface area (Å²) in [5.41, 5.74) is 3.14. The van der Waals surface area contributed by atoms with Crippen LogP contribution in [0.25, 0.3) is 0 Å². The molecular formula is C26H24N4O5. The lowest BCUT2D eigenvalue weighted by Crippen LogP contribution is -2.14. The van der Waals surface area contributed by atoms with Crippen molar-refractivity contribution in [2.45, 2.75) is 27.5 Å². The zero-order valence-corrected chi connectivity index (χ0v) is 19.5. The molecule has 35 heavy (non-hydrogen) atoms. The van der Waals surface area contributed by atoms with Crippen LogP contribution in [0.3, 0.4) is 0 Å². The standard InChI is InChI=1S/C26H24N4O5/c1-17-10-18(2)12-22(11-17)35-23-14-20(13-21(15-23)30(32)33)27-26(31)24-8-9-29(28-24)16-34-25-7-5-4-6-19(25)3/h4-15H,16H2,1-3H3,(H,27,31). The van der Waals surface area contributed by atoms with Crippen molar-refractivity contribution in [1.82, 2.24) is 9.78 Å². The number of nitro benzene ring substituents is 1. The van der Waals surface area contributed by atoms with Gasteiger partial charge in [0.1, 0.15) is 17.2 Å². The number of benzene rings is 3. The van der Waals surface area contributed by atoms with Crippen LogP contribution in [0.15, 0.2) is 72.9 Å². The van der Waals surface area contributed by atoms with E-state index in [-0.39, 0.29) is 29.5 Å². The summed E-state index contributed by atoms with van der Waals surface area (Å²) in [6.45, 7) is 5.94. The van der Waals surface area contributed by atoms with Crippen LogP contribution in [0, 0.1) is 30.9 Å². The summed E-state index contributed by atoms with van der Waals surface area (Å²) in [7, 11) is 0. The highest BCUT2D eigenvalue weighted by atomic mass is 16.6. The fourth-order valence-corrected chi connectivity index (χ4v) is 3.55. The van der Waals surface area contributed by atoms with Gasteiger partial charge in [0.2, 0.25) is 0 Å². The highest BCUT2D eigenvalue weighted by Crippen LogP contribution is 2.31. The third-order valence-corrected chi connectivity index (χ3v) is 5.11. The number of aromatic nitrogens is 2. The number of hydrogen-bond donors (Lipinski definition) is 1. The average molecular weight is 473 g/mol. The van der Waals surface area contributed by atoms with Crippen LogP contribution in [0.1, 0.15) is 27.2 Å². The van der Waals surface area contributed by atoms with Crippen molar-refractivity contribution in [3.8, 4) is 17.2 Å². The van der Waals surface area contributed by atoms with Crippen molar-refractivity contribution in [3.63, 3.8) is 0 Å². The molecule has 0 saturated carbocycles. The summed E-state index contributed by atoms with van der Waals surface area (Å²) in [6.07, 6.45) is 1.62. The third-order valence-electron chi connectivity index (χ3n) is 5.11. The van der Waals surface area contributed by atoms with Crippen LogP contribution in [0.4, 0.5) is 11.4 Å². The number of nitro groups is 1. The normalized spacial score (nSPS) is 10.6. The van der Waals surface area contributed by atoms with E-state index in [9.17, 15) is 14.9 Å². The van der Waals surface area contributed by atoms with Gasteiger partial charge in [-0.25, -0.2) is 4.68 Å². The van der Waals surface area contributed by atoms with Gasteiger partial charge < -0.3 is 14.8 Å². The van der Waals surface area contributed by atoms with Gasteiger partial charge in [0, 0.05) is 18.3 Å². The molecular weight excluding hydrogens is 448 g/mol. The van der Waals surface area contributed by atoms with Crippen molar-refractivity contribution in [1.29, 1.82) is 0 Å². The van der Waals surface area contributed by atoms with Gasteiger partial charge in [-0.3, -0.25) is 14.9 Å². The summed E-state index contributed by atoms with van der Waals surface area (Å²) in [5, 5.41) is 18.3. The number of nitrogens with zero attached hydrogens (tertiary/aromatic N) is 3. The largest absolute Gasteiger partial charge is 0.471 e. The second kappa shape index (κ2) is 10.1. The summed E-state index contributed by atoms with van der Waals surface area (Å²) in [5.74, 6) is 0.990. The molecule has 0 aliphatic carbocycles. The third kappa shape index (κ3) is 6.02. The monoisotopic (exact) mass is 472 g/mol. The number of nitrogens with one attached hydrogen (secondary N) is 1. The second-order valence-electron chi connectivity index (χ2n) is 8.13. The molecule has 1 heterocycles. The topological polar surface area (TPSA) is 109 Å². The number of non-ortho nitro benzene ring substituents is 1. The molecule has 178 valence electrons. The lowest BCUT2D eigenvalue weighted by atomic mass is 10.1. The molecule has 4 rings (SSSR count). The molecule has 1 amide bonds. The molecule has 0 unspecified atom stereocenters. The molecule has 9 nitrogen and oxygen atoms in total. The predicted octanol–water partition coefficient (Wildman–Crippen LogP) is 5.80. The first-order valence-electron chi connectivity index (χ1n) is 10.9. The first-order valence-corrected chi connectivity index (χ1v) is 10.9. The fourth-order valence-electron chi connectivity index (χ4n) is 3.55. The van der Waals surface area contributed by atoms with E-state index in [1.807, 2.05) is 63.2 Å². The highest BCUT2D eigenvalue weighted by Gasteiger charge is 2.16. The van der Waals surface area contributed by atoms with E-state index in [4.69, 9.17) is 9.47 Å². The second-order valence-corrected chi connectivity index (χ2v) is 8.13. The molecule has 1 aromatic heterocycles. The molecule has 0 saturated heterocycles. The molecule has 0 aliphatic heterocycles. The summed E-state index contributed by atoms with van der Waals surface area (Å²) in [6, 6.07) is 18.9. The van der Waals surface area contributed by atoms with Crippen LogP contribution in [-0.2, 0) is 6.73 Å². The van der Waals surface area contributed by atoms with Crippen molar-refractivity contribution >= 4 is 17.3 Å². The Morgan fingerprint density at radius 1 is 1.00 bits per heavy atom. The Labute approximate surface area is 202 Å². The maximum absolute atomic E-state index is 12.8. The maximum atomic E-state index is 12.8. The number of carbonyl (C=O) groups excluding carboxylic acids is 1. The van der Waals surface area contributed by atoms with E-state index in [1.54, 1.807) is 12.3 Å².